The number of benzene rings is 2. The van der Waals surface area contributed by atoms with Crippen molar-refractivity contribution in [3.8, 4) is 0 Å². The van der Waals surface area contributed by atoms with Crippen LogP contribution < -0.4 is 0 Å². The van der Waals surface area contributed by atoms with E-state index in [4.69, 9.17) is 0 Å². The van der Waals surface area contributed by atoms with Gasteiger partial charge in [0.1, 0.15) is 11.9 Å². The second-order valence-electron chi connectivity index (χ2n) is 4.69. The van der Waals surface area contributed by atoms with Gasteiger partial charge < -0.3 is 5.11 Å². The van der Waals surface area contributed by atoms with E-state index in [-0.39, 0.29) is 5.56 Å². The molecule has 0 spiro atoms. The van der Waals surface area contributed by atoms with Gasteiger partial charge >= 0.3 is 0 Å². The van der Waals surface area contributed by atoms with E-state index in [1.54, 1.807) is 18.2 Å². The molecule has 0 saturated carbocycles. The van der Waals surface area contributed by atoms with Crippen LogP contribution in [0.15, 0.2) is 36.4 Å². The number of rotatable bonds is 4. The first-order valence-electron chi connectivity index (χ1n) is 6.44. The van der Waals surface area contributed by atoms with Crippen LogP contribution in [0.4, 0.5) is 13.2 Å². The number of hydrogen-bond acceptors (Lipinski definition) is 1. The van der Waals surface area contributed by atoms with Crippen molar-refractivity contribution in [1.29, 1.82) is 0 Å². The van der Waals surface area contributed by atoms with E-state index in [0.717, 1.165) is 18.4 Å². The van der Waals surface area contributed by atoms with Crippen LogP contribution in [-0.2, 0) is 6.42 Å². The Hall–Kier alpha value is -1.81. The average molecular weight is 280 g/mol. The summed E-state index contributed by atoms with van der Waals surface area (Å²) in [5, 5.41) is 10.2. The molecule has 0 amide bonds. The molecule has 0 aliphatic rings. The summed E-state index contributed by atoms with van der Waals surface area (Å²) in [5.41, 5.74) is 1.20. The molecule has 0 radical (unpaired) electrons. The van der Waals surface area contributed by atoms with Crippen LogP contribution >= 0.6 is 0 Å². The molecule has 1 atom stereocenters. The first kappa shape index (κ1) is 14.6. The molecular weight excluding hydrogens is 265 g/mol. The third-order valence-corrected chi connectivity index (χ3v) is 3.14. The highest BCUT2D eigenvalue weighted by Crippen LogP contribution is 2.27. The number of hydrogen-bond donors (Lipinski definition) is 1. The summed E-state index contributed by atoms with van der Waals surface area (Å²) in [6.07, 6.45) is 0.460. The van der Waals surface area contributed by atoms with Gasteiger partial charge in [0, 0.05) is 11.6 Å². The van der Waals surface area contributed by atoms with Crippen molar-refractivity contribution in [3.05, 3.63) is 70.5 Å². The summed E-state index contributed by atoms with van der Waals surface area (Å²) in [6, 6.07) is 8.17. The highest BCUT2D eigenvalue weighted by atomic mass is 19.2. The fourth-order valence-corrected chi connectivity index (χ4v) is 2.13. The van der Waals surface area contributed by atoms with Gasteiger partial charge in [0.2, 0.25) is 0 Å². The van der Waals surface area contributed by atoms with E-state index in [2.05, 4.69) is 0 Å². The lowest BCUT2D eigenvalue weighted by atomic mass is 9.98. The monoisotopic (exact) mass is 280 g/mol. The fraction of sp³-hybridized carbons (Fsp3) is 0.250. The van der Waals surface area contributed by atoms with Gasteiger partial charge in [-0.2, -0.15) is 0 Å². The number of aliphatic hydroxyl groups is 1. The topological polar surface area (TPSA) is 20.2 Å². The maximum Gasteiger partial charge on any atom is 0.161 e. The summed E-state index contributed by atoms with van der Waals surface area (Å²) in [7, 11) is 0. The van der Waals surface area contributed by atoms with Crippen molar-refractivity contribution in [2.75, 3.05) is 0 Å². The zero-order valence-corrected chi connectivity index (χ0v) is 11.0. The third-order valence-electron chi connectivity index (χ3n) is 3.14. The second kappa shape index (κ2) is 6.09. The Bertz CT molecular complexity index is 611. The molecule has 0 aromatic heterocycles. The van der Waals surface area contributed by atoms with Gasteiger partial charge in [0.05, 0.1) is 0 Å². The summed E-state index contributed by atoms with van der Waals surface area (Å²) >= 11 is 0. The summed E-state index contributed by atoms with van der Waals surface area (Å²) < 4.78 is 39.7. The molecule has 20 heavy (non-hydrogen) atoms. The number of aliphatic hydroxyl groups excluding tert-OH is 1. The van der Waals surface area contributed by atoms with Crippen molar-refractivity contribution in [1.82, 2.24) is 0 Å². The lowest BCUT2D eigenvalue weighted by molar-refractivity contribution is 0.213. The average Bonchev–Trinajstić information content (AvgIpc) is 2.43. The normalized spacial score (nSPS) is 12.4. The molecule has 1 unspecified atom stereocenters. The lowest BCUT2D eigenvalue weighted by Gasteiger charge is -2.14. The molecule has 106 valence electrons. The number of halogens is 3. The van der Waals surface area contributed by atoms with Crippen molar-refractivity contribution >= 4 is 0 Å². The van der Waals surface area contributed by atoms with Gasteiger partial charge in [-0.3, -0.25) is 0 Å². The molecule has 0 heterocycles. The van der Waals surface area contributed by atoms with Crippen LogP contribution in [0.5, 0.6) is 0 Å². The Labute approximate surface area is 115 Å². The van der Waals surface area contributed by atoms with Gasteiger partial charge in [-0.15, -0.1) is 0 Å². The molecule has 0 bridgehead atoms. The molecule has 1 N–H and O–H groups in total. The summed E-state index contributed by atoms with van der Waals surface area (Å²) in [4.78, 5) is 0. The lowest BCUT2D eigenvalue weighted by Crippen LogP contribution is -2.05. The Balaban J connectivity index is 2.38. The first-order valence-corrected chi connectivity index (χ1v) is 6.44. The maximum absolute atomic E-state index is 13.6. The van der Waals surface area contributed by atoms with E-state index in [0.29, 0.717) is 17.7 Å². The minimum Gasteiger partial charge on any atom is -0.384 e. The molecule has 0 aliphatic carbocycles. The minimum absolute atomic E-state index is 0.266. The van der Waals surface area contributed by atoms with E-state index in [9.17, 15) is 18.3 Å². The standard InChI is InChI=1S/C16H15F3O/c1-2-4-10-5-3-6-11(7-10)16(20)12-8-14(18)15(19)9-13(12)17/h3,5-9,16,20H,2,4H2,1H3. The largest absolute Gasteiger partial charge is 0.384 e. The van der Waals surface area contributed by atoms with Crippen molar-refractivity contribution in [2.45, 2.75) is 25.9 Å². The molecule has 0 aliphatic heterocycles. The van der Waals surface area contributed by atoms with E-state index >= 15 is 0 Å². The number of aryl methyl sites for hydroxylation is 1. The van der Waals surface area contributed by atoms with Crippen LogP contribution in [0.3, 0.4) is 0 Å². The molecule has 1 nitrogen and oxygen atoms in total. The molecule has 2 aromatic rings. The molecule has 2 rings (SSSR count). The van der Waals surface area contributed by atoms with Crippen LogP contribution in [0.1, 0.15) is 36.1 Å². The molecule has 2 aromatic carbocycles. The van der Waals surface area contributed by atoms with E-state index in [1.807, 2.05) is 13.0 Å². The van der Waals surface area contributed by atoms with Gasteiger partial charge in [-0.05, 0) is 23.6 Å². The van der Waals surface area contributed by atoms with Crippen LogP contribution in [0.25, 0.3) is 0 Å². The highest BCUT2D eigenvalue weighted by molar-refractivity contribution is 5.34. The third kappa shape index (κ3) is 3.02. The fourth-order valence-electron chi connectivity index (χ4n) is 2.13. The zero-order chi connectivity index (χ0) is 14.7. The first-order chi connectivity index (χ1) is 9.52. The van der Waals surface area contributed by atoms with E-state index in [1.165, 1.54) is 0 Å². The maximum atomic E-state index is 13.6. The Morgan fingerprint density at radius 1 is 1.00 bits per heavy atom. The minimum atomic E-state index is -1.32. The van der Waals surface area contributed by atoms with Crippen molar-refractivity contribution < 1.29 is 18.3 Å². The van der Waals surface area contributed by atoms with Crippen molar-refractivity contribution in [3.63, 3.8) is 0 Å². The Morgan fingerprint density at radius 2 is 1.70 bits per heavy atom. The van der Waals surface area contributed by atoms with E-state index < -0.39 is 23.6 Å². The highest BCUT2D eigenvalue weighted by Gasteiger charge is 2.18. The van der Waals surface area contributed by atoms with Crippen LogP contribution in [0, 0.1) is 17.5 Å². The smallest absolute Gasteiger partial charge is 0.161 e. The van der Waals surface area contributed by atoms with Gasteiger partial charge in [0.15, 0.2) is 11.6 Å². The molecular formula is C16H15F3O. The Kier molecular flexibility index (Phi) is 4.45. The Morgan fingerprint density at radius 3 is 2.40 bits per heavy atom. The SMILES string of the molecule is CCCc1cccc(C(O)c2cc(F)c(F)cc2F)c1. The predicted octanol–water partition coefficient (Wildman–Crippen LogP) is 4.14. The predicted molar refractivity (Wildman–Crippen MR) is 70.8 cm³/mol. The molecule has 0 fully saturated rings. The van der Waals surface area contributed by atoms with Crippen LogP contribution in [-0.4, -0.2) is 5.11 Å². The zero-order valence-electron chi connectivity index (χ0n) is 11.0. The van der Waals surface area contributed by atoms with Gasteiger partial charge in [-0.25, -0.2) is 13.2 Å². The molecule has 4 heteroatoms. The quantitative estimate of drug-likeness (QED) is 0.835. The second-order valence-corrected chi connectivity index (χ2v) is 4.69. The van der Waals surface area contributed by atoms with Crippen molar-refractivity contribution in [2.24, 2.45) is 0 Å². The van der Waals surface area contributed by atoms with Gasteiger partial charge in [0.25, 0.3) is 0 Å². The summed E-state index contributed by atoms with van der Waals surface area (Å²) in [5.74, 6) is -3.40. The molecule has 0 saturated heterocycles. The van der Waals surface area contributed by atoms with Gasteiger partial charge in [-0.1, -0.05) is 37.6 Å². The summed E-state index contributed by atoms with van der Waals surface area (Å²) in [6.45, 7) is 2.03. The van der Waals surface area contributed by atoms with Crippen LogP contribution in [0.2, 0.25) is 0 Å².